The van der Waals surface area contributed by atoms with Gasteiger partial charge in [0.25, 0.3) is 5.91 Å². The number of hydrogen-bond donors (Lipinski definition) is 0. The number of likely N-dealkylation sites (tertiary alicyclic amines) is 1. The van der Waals surface area contributed by atoms with E-state index >= 15 is 0 Å². The second-order valence-corrected chi connectivity index (χ2v) is 7.61. The quantitative estimate of drug-likeness (QED) is 0.640. The number of amides is 1. The van der Waals surface area contributed by atoms with E-state index in [0.717, 1.165) is 35.2 Å². The lowest BCUT2D eigenvalue weighted by molar-refractivity contribution is 0.0236. The van der Waals surface area contributed by atoms with E-state index in [1.54, 1.807) is 6.26 Å². The summed E-state index contributed by atoms with van der Waals surface area (Å²) in [6.45, 7) is 5.99. The van der Waals surface area contributed by atoms with Gasteiger partial charge in [-0.1, -0.05) is 37.6 Å². The average Bonchev–Trinajstić information content (AvgIpc) is 3.01. The molecule has 3 nitrogen and oxygen atoms in total. The van der Waals surface area contributed by atoms with Crippen molar-refractivity contribution in [2.75, 3.05) is 13.1 Å². The van der Waals surface area contributed by atoms with E-state index in [1.807, 2.05) is 47.4 Å². The molecule has 24 heavy (non-hydrogen) atoms. The van der Waals surface area contributed by atoms with Gasteiger partial charge in [0.2, 0.25) is 0 Å². The largest absolute Gasteiger partial charge is 0.463 e. The summed E-state index contributed by atoms with van der Waals surface area (Å²) in [7, 11) is 0. The predicted octanol–water partition coefficient (Wildman–Crippen LogP) is 5.24. The monoisotopic (exact) mass is 339 g/mol. The number of halogens is 1. The molecule has 1 fully saturated rings. The molecule has 1 aromatic heterocycles. The van der Waals surface area contributed by atoms with Crippen molar-refractivity contribution in [3.8, 4) is 11.1 Å². The number of rotatable bonds is 2. The van der Waals surface area contributed by atoms with Gasteiger partial charge in [-0.25, -0.2) is 0 Å². The molecule has 0 unspecified atom stereocenters. The summed E-state index contributed by atoms with van der Waals surface area (Å²) in [4.78, 5) is 14.3. The summed E-state index contributed by atoms with van der Waals surface area (Å²) in [5.74, 6) is 0.101. The van der Waals surface area contributed by atoms with Crippen molar-refractivity contribution in [2.45, 2.75) is 13.8 Å². The molecule has 0 spiro atoms. The highest BCUT2D eigenvalue weighted by Gasteiger charge is 2.37. The standard InChI is InChI=1S/C20H18ClNO2/c1-20(2)11-22(12-20)19(23)14-5-3-13(4-6-14)16-9-15-7-8-24-18(15)17(21)10-16/h3-10H,11-12H2,1-2H3. The number of nitrogens with zero attached hydrogens (tertiary/aromatic N) is 1. The van der Waals surface area contributed by atoms with Gasteiger partial charge in [0.15, 0.2) is 5.58 Å². The highest BCUT2D eigenvalue weighted by Crippen LogP contribution is 2.33. The molecular formula is C20H18ClNO2. The fraction of sp³-hybridized carbons (Fsp3) is 0.250. The lowest BCUT2D eigenvalue weighted by Crippen LogP contribution is -2.55. The zero-order chi connectivity index (χ0) is 16.9. The van der Waals surface area contributed by atoms with Crippen LogP contribution < -0.4 is 0 Å². The van der Waals surface area contributed by atoms with Gasteiger partial charge >= 0.3 is 0 Å². The SMILES string of the molecule is CC1(C)CN(C(=O)c2ccc(-c3cc(Cl)c4occc4c3)cc2)C1. The van der Waals surface area contributed by atoms with Gasteiger partial charge in [-0.2, -0.15) is 0 Å². The third-order valence-electron chi connectivity index (χ3n) is 4.50. The van der Waals surface area contributed by atoms with Crippen LogP contribution in [0.1, 0.15) is 24.2 Å². The molecule has 2 aromatic carbocycles. The van der Waals surface area contributed by atoms with Crippen LogP contribution in [0, 0.1) is 5.41 Å². The second-order valence-electron chi connectivity index (χ2n) is 7.20. The summed E-state index contributed by atoms with van der Waals surface area (Å²) < 4.78 is 5.37. The van der Waals surface area contributed by atoms with Gasteiger partial charge in [0.1, 0.15) is 0 Å². The Labute approximate surface area is 145 Å². The fourth-order valence-electron chi connectivity index (χ4n) is 3.32. The van der Waals surface area contributed by atoms with Crippen molar-refractivity contribution in [2.24, 2.45) is 5.41 Å². The topological polar surface area (TPSA) is 33.5 Å². The molecule has 122 valence electrons. The molecule has 0 radical (unpaired) electrons. The number of carbonyl (C=O) groups is 1. The van der Waals surface area contributed by atoms with Gasteiger partial charge in [0.05, 0.1) is 11.3 Å². The van der Waals surface area contributed by atoms with Crippen molar-refractivity contribution in [1.82, 2.24) is 4.90 Å². The zero-order valence-electron chi connectivity index (χ0n) is 13.7. The number of benzene rings is 2. The Kier molecular flexibility index (Phi) is 3.43. The molecule has 1 aliphatic heterocycles. The van der Waals surface area contributed by atoms with Gasteiger partial charge in [-0.15, -0.1) is 0 Å². The molecule has 0 bridgehead atoms. The molecule has 4 rings (SSSR count). The number of carbonyl (C=O) groups excluding carboxylic acids is 1. The average molecular weight is 340 g/mol. The van der Waals surface area contributed by atoms with Gasteiger partial charge < -0.3 is 9.32 Å². The molecule has 0 atom stereocenters. The van der Waals surface area contributed by atoms with Crippen LogP contribution in [0.4, 0.5) is 0 Å². The third kappa shape index (κ3) is 2.59. The molecular weight excluding hydrogens is 322 g/mol. The summed E-state index contributed by atoms with van der Waals surface area (Å²) in [5, 5.41) is 1.57. The molecule has 4 heteroatoms. The van der Waals surface area contributed by atoms with Crippen LogP contribution in [0.5, 0.6) is 0 Å². The Morgan fingerprint density at radius 1 is 1.08 bits per heavy atom. The maximum absolute atomic E-state index is 12.4. The van der Waals surface area contributed by atoms with Crippen molar-refractivity contribution < 1.29 is 9.21 Å². The molecule has 1 aliphatic rings. The van der Waals surface area contributed by atoms with Crippen LogP contribution in [0.15, 0.2) is 53.1 Å². The first-order valence-electron chi connectivity index (χ1n) is 7.99. The highest BCUT2D eigenvalue weighted by atomic mass is 35.5. The van der Waals surface area contributed by atoms with Gasteiger partial charge in [0, 0.05) is 24.0 Å². The summed E-state index contributed by atoms with van der Waals surface area (Å²) in [5.41, 5.74) is 3.71. The van der Waals surface area contributed by atoms with E-state index in [9.17, 15) is 4.79 Å². The van der Waals surface area contributed by atoms with Gasteiger partial charge in [-0.05, 0) is 46.9 Å². The lowest BCUT2D eigenvalue weighted by atomic mass is 9.84. The van der Waals surface area contributed by atoms with E-state index in [0.29, 0.717) is 10.6 Å². The first-order chi connectivity index (χ1) is 11.4. The predicted molar refractivity (Wildman–Crippen MR) is 96.3 cm³/mol. The first kappa shape index (κ1) is 15.3. The third-order valence-corrected chi connectivity index (χ3v) is 4.78. The minimum atomic E-state index is 0.101. The minimum absolute atomic E-state index is 0.101. The first-order valence-corrected chi connectivity index (χ1v) is 8.37. The van der Waals surface area contributed by atoms with Crippen LogP contribution in [0.3, 0.4) is 0 Å². The second kappa shape index (κ2) is 5.38. The summed E-state index contributed by atoms with van der Waals surface area (Å²) in [6, 6.07) is 13.5. The number of furan rings is 1. The van der Waals surface area contributed by atoms with Crippen LogP contribution in [-0.2, 0) is 0 Å². The maximum Gasteiger partial charge on any atom is 0.253 e. The Morgan fingerprint density at radius 3 is 2.46 bits per heavy atom. The van der Waals surface area contributed by atoms with E-state index in [2.05, 4.69) is 13.8 Å². The molecule has 1 saturated heterocycles. The number of fused-ring (bicyclic) bond motifs is 1. The van der Waals surface area contributed by atoms with Gasteiger partial charge in [-0.3, -0.25) is 4.79 Å². The van der Waals surface area contributed by atoms with Crippen molar-refractivity contribution in [3.05, 3.63) is 59.3 Å². The Morgan fingerprint density at radius 2 is 1.79 bits per heavy atom. The van der Waals surface area contributed by atoms with Crippen molar-refractivity contribution in [1.29, 1.82) is 0 Å². The highest BCUT2D eigenvalue weighted by molar-refractivity contribution is 6.35. The maximum atomic E-state index is 12.4. The fourth-order valence-corrected chi connectivity index (χ4v) is 3.59. The smallest absolute Gasteiger partial charge is 0.253 e. The van der Waals surface area contributed by atoms with Crippen LogP contribution in [0.2, 0.25) is 5.02 Å². The molecule has 0 saturated carbocycles. The van der Waals surface area contributed by atoms with Crippen LogP contribution in [0.25, 0.3) is 22.1 Å². The normalized spacial score (nSPS) is 16.2. The van der Waals surface area contributed by atoms with E-state index in [4.69, 9.17) is 16.0 Å². The van der Waals surface area contributed by atoms with Crippen molar-refractivity contribution >= 4 is 28.5 Å². The van der Waals surface area contributed by atoms with Crippen molar-refractivity contribution in [3.63, 3.8) is 0 Å². The molecule has 3 aromatic rings. The molecule has 1 amide bonds. The Balaban J connectivity index is 1.60. The molecule has 0 aliphatic carbocycles. The lowest BCUT2D eigenvalue weighted by Gasteiger charge is -2.45. The molecule has 0 N–H and O–H groups in total. The zero-order valence-corrected chi connectivity index (χ0v) is 14.4. The van der Waals surface area contributed by atoms with Crippen LogP contribution in [-0.4, -0.2) is 23.9 Å². The van der Waals surface area contributed by atoms with E-state index in [1.165, 1.54) is 0 Å². The summed E-state index contributed by atoms with van der Waals surface area (Å²) >= 11 is 6.28. The van der Waals surface area contributed by atoms with E-state index < -0.39 is 0 Å². The Bertz CT molecular complexity index is 916. The van der Waals surface area contributed by atoms with Crippen LogP contribution >= 0.6 is 11.6 Å². The number of hydrogen-bond acceptors (Lipinski definition) is 2. The Hall–Kier alpha value is -2.26. The minimum Gasteiger partial charge on any atom is -0.463 e. The molecule has 2 heterocycles. The van der Waals surface area contributed by atoms with E-state index in [-0.39, 0.29) is 11.3 Å². The summed E-state index contributed by atoms with van der Waals surface area (Å²) in [6.07, 6.45) is 1.64.